The molecule has 5 atom stereocenters. The molecule has 2 N–H and O–H groups in total. The maximum absolute atomic E-state index is 14.2. The van der Waals surface area contributed by atoms with E-state index in [9.17, 15) is 30.6 Å². The number of hydrogen-bond donors (Lipinski definition) is 1. The molecule has 0 saturated carbocycles. The SMILES string of the molecule is CC.CCF.CS(=O)n1cc2c(n1)CN(C1CC(N)[C@@H](c3cc(F)ccc3F)OC1C(F)(F)F)C2. The predicted octanol–water partition coefficient (Wildman–Crippen LogP) is 4.41. The second kappa shape index (κ2) is 12.3. The first-order valence-electron chi connectivity index (χ1n) is 11.1. The van der Waals surface area contributed by atoms with Gasteiger partial charge >= 0.3 is 6.18 Å². The van der Waals surface area contributed by atoms with Crippen LogP contribution in [0, 0.1) is 11.6 Å². The van der Waals surface area contributed by atoms with Gasteiger partial charge in [-0.2, -0.15) is 22.4 Å². The van der Waals surface area contributed by atoms with Gasteiger partial charge in [0.05, 0.1) is 12.4 Å². The van der Waals surface area contributed by atoms with Gasteiger partial charge in [-0.3, -0.25) is 9.29 Å². The van der Waals surface area contributed by atoms with Gasteiger partial charge in [0.15, 0.2) is 6.10 Å². The van der Waals surface area contributed by atoms with Gasteiger partial charge < -0.3 is 10.5 Å². The molecule has 4 rings (SSSR count). The Balaban J connectivity index is 0.000000803. The highest BCUT2D eigenvalue weighted by atomic mass is 32.2. The normalized spacial score (nSPS) is 25.1. The molecule has 1 aromatic heterocycles. The zero-order valence-corrected chi connectivity index (χ0v) is 20.7. The highest BCUT2D eigenvalue weighted by molar-refractivity contribution is 7.82. The summed E-state index contributed by atoms with van der Waals surface area (Å²) in [4.78, 5) is 1.55. The van der Waals surface area contributed by atoms with E-state index in [1.54, 1.807) is 11.1 Å². The van der Waals surface area contributed by atoms with Crippen LogP contribution in [0.4, 0.5) is 26.3 Å². The third-order valence-corrected chi connectivity index (χ3v) is 6.16. The van der Waals surface area contributed by atoms with Crippen LogP contribution in [0.1, 0.15) is 50.1 Å². The Morgan fingerprint density at radius 1 is 1.23 bits per heavy atom. The summed E-state index contributed by atoms with van der Waals surface area (Å²) in [7, 11) is -1.36. The number of rotatable bonds is 3. The third kappa shape index (κ3) is 6.83. The van der Waals surface area contributed by atoms with Crippen molar-refractivity contribution in [2.24, 2.45) is 5.73 Å². The molecule has 198 valence electrons. The Hall–Kier alpha value is -1.96. The quantitative estimate of drug-likeness (QED) is 0.598. The molecule has 3 heterocycles. The molecule has 1 saturated heterocycles. The van der Waals surface area contributed by atoms with Crippen LogP contribution in [0.5, 0.6) is 0 Å². The lowest BCUT2D eigenvalue weighted by molar-refractivity contribution is -0.269. The van der Waals surface area contributed by atoms with Crippen molar-refractivity contribution < 1.29 is 35.3 Å². The van der Waals surface area contributed by atoms with Gasteiger partial charge in [-0.15, -0.1) is 0 Å². The van der Waals surface area contributed by atoms with Crippen LogP contribution in [-0.4, -0.2) is 55.6 Å². The Bertz CT molecular complexity index is 979. The molecule has 6 nitrogen and oxygen atoms in total. The molecule has 2 aromatic rings. The molecule has 2 aliphatic rings. The summed E-state index contributed by atoms with van der Waals surface area (Å²) in [5, 5.41) is 4.16. The lowest BCUT2D eigenvalue weighted by Gasteiger charge is -2.44. The van der Waals surface area contributed by atoms with Crippen molar-refractivity contribution in [3.05, 3.63) is 52.9 Å². The molecule has 0 aliphatic carbocycles. The van der Waals surface area contributed by atoms with Crippen molar-refractivity contribution in [1.82, 2.24) is 14.1 Å². The molecule has 2 aliphatic heterocycles. The van der Waals surface area contributed by atoms with Gasteiger partial charge in [-0.25, -0.2) is 13.0 Å². The van der Waals surface area contributed by atoms with Crippen LogP contribution in [0.3, 0.4) is 0 Å². The summed E-state index contributed by atoms with van der Waals surface area (Å²) >= 11 is 0. The molecular formula is C22H30F6N4O2S. The third-order valence-electron chi connectivity index (χ3n) is 5.45. The topological polar surface area (TPSA) is 73.4 Å². The van der Waals surface area contributed by atoms with Crippen LogP contribution in [-0.2, 0) is 28.8 Å². The number of nitrogens with zero attached hydrogens (tertiary/aromatic N) is 3. The van der Waals surface area contributed by atoms with Crippen LogP contribution < -0.4 is 5.73 Å². The minimum absolute atomic E-state index is 0.117. The Morgan fingerprint density at radius 2 is 1.86 bits per heavy atom. The summed E-state index contributed by atoms with van der Waals surface area (Å²) in [6.45, 7) is 5.49. The Kier molecular flexibility index (Phi) is 10.3. The van der Waals surface area contributed by atoms with Crippen LogP contribution in [0.15, 0.2) is 24.4 Å². The van der Waals surface area contributed by atoms with Gasteiger partial charge in [-0.05, 0) is 31.5 Å². The fourth-order valence-corrected chi connectivity index (χ4v) is 4.56. The van der Waals surface area contributed by atoms with E-state index in [1.807, 2.05) is 13.8 Å². The zero-order valence-electron chi connectivity index (χ0n) is 19.9. The maximum atomic E-state index is 14.2. The number of hydrogen-bond acceptors (Lipinski definition) is 5. The average molecular weight is 529 g/mol. The predicted molar refractivity (Wildman–Crippen MR) is 120 cm³/mol. The first-order chi connectivity index (χ1) is 16.5. The van der Waals surface area contributed by atoms with E-state index >= 15 is 0 Å². The summed E-state index contributed by atoms with van der Waals surface area (Å²) < 4.78 is 97.6. The van der Waals surface area contributed by atoms with Crippen molar-refractivity contribution in [2.45, 2.75) is 70.7 Å². The lowest BCUT2D eigenvalue weighted by Crippen LogP contribution is -2.58. The highest BCUT2D eigenvalue weighted by Gasteiger charge is 2.54. The second-order valence-corrected chi connectivity index (χ2v) is 8.97. The van der Waals surface area contributed by atoms with Gasteiger partial charge in [0, 0.05) is 48.8 Å². The molecule has 35 heavy (non-hydrogen) atoms. The fourth-order valence-electron chi connectivity index (χ4n) is 4.07. The van der Waals surface area contributed by atoms with E-state index in [2.05, 4.69) is 5.10 Å². The monoisotopic (exact) mass is 528 g/mol. The van der Waals surface area contributed by atoms with Crippen molar-refractivity contribution in [1.29, 1.82) is 0 Å². The van der Waals surface area contributed by atoms with Gasteiger partial charge in [0.25, 0.3) is 0 Å². The Labute approximate surface area is 203 Å². The minimum Gasteiger partial charge on any atom is -0.357 e. The number of benzene rings is 1. The average Bonchev–Trinajstić information content (AvgIpc) is 3.36. The first-order valence-corrected chi connectivity index (χ1v) is 12.6. The van der Waals surface area contributed by atoms with Crippen LogP contribution in [0.2, 0.25) is 0 Å². The maximum Gasteiger partial charge on any atom is 0.416 e. The fraction of sp³-hybridized carbons (Fsp3) is 0.591. The summed E-state index contributed by atoms with van der Waals surface area (Å²) in [5.74, 6) is -1.66. The molecule has 4 unspecified atom stereocenters. The van der Waals surface area contributed by atoms with Crippen LogP contribution >= 0.6 is 0 Å². The molecule has 1 fully saturated rings. The van der Waals surface area contributed by atoms with E-state index in [-0.39, 0.29) is 31.7 Å². The molecule has 1 aromatic carbocycles. The smallest absolute Gasteiger partial charge is 0.357 e. The largest absolute Gasteiger partial charge is 0.416 e. The number of nitrogens with two attached hydrogens (primary N) is 1. The van der Waals surface area contributed by atoms with E-state index in [1.165, 1.54) is 17.3 Å². The standard InChI is InChI=1S/C18H19F5N4O2S.C2H5F.C2H6/c1-30(28)27-7-9-6-26(8-14(9)25-27)15-5-13(24)16(29-17(15)18(21,22)23)11-4-10(19)2-3-12(11)20;1-2-3;1-2/h2-4,7,13,15-17H,5-6,8,24H2,1H3;2H2,1H3;1-2H3/t13?,15?,16-,17?,30?;;/m1../s1. The van der Waals surface area contributed by atoms with E-state index in [0.717, 1.165) is 18.2 Å². The number of ether oxygens (including phenoxy) is 1. The molecule has 0 radical (unpaired) electrons. The van der Waals surface area contributed by atoms with Gasteiger partial charge in [0.1, 0.15) is 28.7 Å². The minimum atomic E-state index is -4.74. The van der Waals surface area contributed by atoms with Crippen molar-refractivity contribution in [3.8, 4) is 0 Å². The summed E-state index contributed by atoms with van der Waals surface area (Å²) in [5.41, 5.74) is 6.96. The van der Waals surface area contributed by atoms with Crippen LogP contribution in [0.25, 0.3) is 0 Å². The lowest BCUT2D eigenvalue weighted by atomic mass is 9.89. The molecule has 0 bridgehead atoms. The molecule has 0 amide bonds. The molecular weight excluding hydrogens is 498 g/mol. The van der Waals surface area contributed by atoms with Crippen molar-refractivity contribution in [2.75, 3.05) is 12.9 Å². The number of fused-ring (bicyclic) bond motifs is 1. The van der Waals surface area contributed by atoms with E-state index < -0.39 is 53.1 Å². The summed E-state index contributed by atoms with van der Waals surface area (Å²) in [6, 6.07) is 0.433. The number of halogens is 6. The number of aromatic nitrogens is 2. The van der Waals surface area contributed by atoms with Gasteiger partial charge in [-0.1, -0.05) is 13.8 Å². The van der Waals surface area contributed by atoms with Gasteiger partial charge in [0.2, 0.25) is 0 Å². The highest BCUT2D eigenvalue weighted by Crippen LogP contribution is 2.42. The second-order valence-electron chi connectivity index (χ2n) is 7.75. The van der Waals surface area contributed by atoms with Crippen molar-refractivity contribution in [3.63, 3.8) is 0 Å². The summed E-state index contributed by atoms with van der Waals surface area (Å²) in [6.07, 6.45) is -5.55. The Morgan fingerprint density at radius 3 is 2.40 bits per heavy atom. The zero-order chi connectivity index (χ0) is 26.5. The van der Waals surface area contributed by atoms with E-state index in [0.29, 0.717) is 11.3 Å². The molecule has 13 heteroatoms. The van der Waals surface area contributed by atoms with E-state index in [4.69, 9.17) is 10.5 Å². The number of alkyl halides is 4. The first kappa shape index (κ1) is 29.3. The van der Waals surface area contributed by atoms with Crippen molar-refractivity contribution >= 4 is 11.0 Å². The molecule has 0 spiro atoms.